The average molecular weight is 722 g/mol. The van der Waals surface area contributed by atoms with Gasteiger partial charge in [-0.2, -0.15) is 0 Å². The zero-order valence-corrected chi connectivity index (χ0v) is 32.0. The molecule has 11 rings (SSSR count). The summed E-state index contributed by atoms with van der Waals surface area (Å²) in [6.45, 7) is 7.14. The van der Waals surface area contributed by atoms with Crippen LogP contribution in [0.4, 0.5) is 17.1 Å². The van der Waals surface area contributed by atoms with E-state index in [9.17, 15) is 0 Å². The molecule has 2 aliphatic carbocycles. The smallest absolute Gasteiger partial charge is 0.0465 e. The van der Waals surface area contributed by atoms with Crippen LogP contribution in [0.2, 0.25) is 0 Å². The highest BCUT2D eigenvalue weighted by atomic mass is 32.1. The largest absolute Gasteiger partial charge is 0.310 e. The van der Waals surface area contributed by atoms with Crippen molar-refractivity contribution in [2.75, 3.05) is 4.90 Å². The zero-order chi connectivity index (χ0) is 36.9. The third-order valence-electron chi connectivity index (χ3n) is 12.6. The van der Waals surface area contributed by atoms with Crippen LogP contribution in [-0.2, 0) is 10.8 Å². The standard InChI is InChI=1S/C53H39NS/c1-52(2)46-18-10-7-15-40(46)42-28-26-38(32-48(42)52)54(37-24-21-34(22-25-37)35-23-30-51-45(31-35)44-17-9-12-20-50(44)55-51)39-27-29-43-41-16-8-11-19-47(41)53(3,49(43)33-39)36-13-5-4-6-14-36/h4-33H,1-3H3. The summed E-state index contributed by atoms with van der Waals surface area (Å²) in [4.78, 5) is 2.47. The Morgan fingerprint density at radius 1 is 0.382 bits per heavy atom. The van der Waals surface area contributed by atoms with Gasteiger partial charge in [-0.1, -0.05) is 141 Å². The predicted molar refractivity (Wildman–Crippen MR) is 234 cm³/mol. The van der Waals surface area contributed by atoms with Gasteiger partial charge in [0.25, 0.3) is 0 Å². The van der Waals surface area contributed by atoms with E-state index in [0.29, 0.717) is 0 Å². The summed E-state index contributed by atoms with van der Waals surface area (Å²) in [5, 5.41) is 2.65. The Balaban J connectivity index is 1.08. The molecule has 1 nitrogen and oxygen atoms in total. The molecule has 0 saturated heterocycles. The number of hydrogen-bond acceptors (Lipinski definition) is 2. The van der Waals surface area contributed by atoms with E-state index in [1.165, 1.54) is 81.4 Å². The molecule has 1 heterocycles. The maximum Gasteiger partial charge on any atom is 0.0465 e. The average Bonchev–Trinajstić information content (AvgIpc) is 3.82. The Bertz CT molecular complexity index is 2970. The molecule has 0 N–H and O–H groups in total. The second-order valence-corrected chi connectivity index (χ2v) is 16.9. The molecule has 0 fully saturated rings. The Labute approximate surface area is 326 Å². The third kappa shape index (κ3) is 4.71. The Kier molecular flexibility index (Phi) is 6.97. The van der Waals surface area contributed by atoms with Gasteiger partial charge in [0, 0.05) is 48.1 Å². The van der Waals surface area contributed by atoms with Gasteiger partial charge in [0.2, 0.25) is 0 Å². The lowest BCUT2D eigenvalue weighted by molar-refractivity contribution is 0.660. The minimum atomic E-state index is -0.287. The van der Waals surface area contributed by atoms with Crippen LogP contribution < -0.4 is 4.90 Å². The van der Waals surface area contributed by atoms with E-state index in [0.717, 1.165) is 17.1 Å². The lowest BCUT2D eigenvalue weighted by atomic mass is 9.74. The van der Waals surface area contributed by atoms with Gasteiger partial charge in [-0.15, -0.1) is 11.3 Å². The normalized spacial score (nSPS) is 16.1. The van der Waals surface area contributed by atoms with E-state index in [2.05, 4.69) is 208 Å². The lowest BCUT2D eigenvalue weighted by Crippen LogP contribution is -2.23. The molecule has 55 heavy (non-hydrogen) atoms. The minimum absolute atomic E-state index is 0.104. The molecule has 8 aromatic carbocycles. The van der Waals surface area contributed by atoms with Crippen molar-refractivity contribution in [3.05, 3.63) is 210 Å². The fourth-order valence-electron chi connectivity index (χ4n) is 9.69. The molecule has 0 spiro atoms. The predicted octanol–water partition coefficient (Wildman–Crippen LogP) is 14.8. The van der Waals surface area contributed by atoms with E-state index in [1.54, 1.807) is 0 Å². The van der Waals surface area contributed by atoms with E-state index in [-0.39, 0.29) is 10.8 Å². The first-order valence-electron chi connectivity index (χ1n) is 19.3. The molecule has 0 radical (unpaired) electrons. The molecule has 0 aliphatic heterocycles. The number of thiophene rings is 1. The van der Waals surface area contributed by atoms with Crippen molar-refractivity contribution >= 4 is 48.6 Å². The van der Waals surface area contributed by atoms with E-state index < -0.39 is 0 Å². The molecule has 0 saturated carbocycles. The van der Waals surface area contributed by atoms with Crippen LogP contribution in [0, 0.1) is 0 Å². The minimum Gasteiger partial charge on any atom is -0.310 e. The molecule has 9 aromatic rings. The topological polar surface area (TPSA) is 3.24 Å². The second kappa shape index (κ2) is 11.9. The van der Waals surface area contributed by atoms with Crippen LogP contribution in [0.5, 0.6) is 0 Å². The first-order valence-corrected chi connectivity index (χ1v) is 20.1. The van der Waals surface area contributed by atoms with Crippen LogP contribution in [0.15, 0.2) is 182 Å². The first kappa shape index (κ1) is 32.2. The molecular formula is C53H39NS. The van der Waals surface area contributed by atoms with E-state index in [1.807, 2.05) is 11.3 Å². The molecule has 1 aromatic heterocycles. The maximum atomic E-state index is 2.47. The number of nitrogens with zero attached hydrogens (tertiary/aromatic N) is 1. The quantitative estimate of drug-likeness (QED) is 0.171. The zero-order valence-electron chi connectivity index (χ0n) is 31.2. The van der Waals surface area contributed by atoms with Crippen LogP contribution in [0.1, 0.15) is 48.6 Å². The summed E-state index contributed by atoms with van der Waals surface area (Å²) in [5.41, 5.74) is 17.6. The SMILES string of the molecule is CC1(C)c2ccccc2-c2ccc(N(c3ccc(-c4ccc5sc6ccccc6c5c4)cc3)c3ccc4c(c3)C(C)(c3ccccc3)c3ccccc3-4)cc21. The molecule has 262 valence electrons. The summed E-state index contributed by atoms with van der Waals surface area (Å²) in [6.07, 6.45) is 0. The van der Waals surface area contributed by atoms with Gasteiger partial charge in [-0.3, -0.25) is 0 Å². The highest BCUT2D eigenvalue weighted by Gasteiger charge is 2.41. The Morgan fingerprint density at radius 3 is 1.69 bits per heavy atom. The lowest BCUT2D eigenvalue weighted by Gasteiger charge is -2.31. The molecule has 0 amide bonds. The van der Waals surface area contributed by atoms with Crippen LogP contribution in [0.25, 0.3) is 53.6 Å². The van der Waals surface area contributed by atoms with Crippen molar-refractivity contribution in [3.63, 3.8) is 0 Å². The van der Waals surface area contributed by atoms with Gasteiger partial charge in [0.15, 0.2) is 0 Å². The maximum absolute atomic E-state index is 2.47. The molecule has 1 atom stereocenters. The first-order chi connectivity index (χ1) is 26.9. The number of hydrogen-bond donors (Lipinski definition) is 0. The molecule has 0 bridgehead atoms. The Morgan fingerprint density at radius 2 is 0.927 bits per heavy atom. The van der Waals surface area contributed by atoms with Gasteiger partial charge in [0.1, 0.15) is 0 Å². The van der Waals surface area contributed by atoms with Crippen molar-refractivity contribution < 1.29 is 0 Å². The van der Waals surface area contributed by atoms with Crippen molar-refractivity contribution in [1.82, 2.24) is 0 Å². The number of anilines is 3. The number of rotatable bonds is 5. The summed E-state index contributed by atoms with van der Waals surface area (Å²) in [7, 11) is 0. The summed E-state index contributed by atoms with van der Waals surface area (Å²) < 4.78 is 2.66. The van der Waals surface area contributed by atoms with Gasteiger partial charge < -0.3 is 4.90 Å². The van der Waals surface area contributed by atoms with Crippen molar-refractivity contribution in [1.29, 1.82) is 0 Å². The summed E-state index contributed by atoms with van der Waals surface area (Å²) in [5.74, 6) is 0. The van der Waals surface area contributed by atoms with Gasteiger partial charge in [-0.05, 0) is 123 Å². The van der Waals surface area contributed by atoms with Crippen LogP contribution >= 0.6 is 11.3 Å². The van der Waals surface area contributed by atoms with E-state index >= 15 is 0 Å². The van der Waals surface area contributed by atoms with Crippen molar-refractivity contribution in [2.24, 2.45) is 0 Å². The third-order valence-corrected chi connectivity index (χ3v) is 13.7. The number of fused-ring (bicyclic) bond motifs is 9. The molecular weight excluding hydrogens is 683 g/mol. The van der Waals surface area contributed by atoms with Gasteiger partial charge in [-0.25, -0.2) is 0 Å². The van der Waals surface area contributed by atoms with Crippen LogP contribution in [0.3, 0.4) is 0 Å². The van der Waals surface area contributed by atoms with E-state index in [4.69, 9.17) is 0 Å². The summed E-state index contributed by atoms with van der Waals surface area (Å²) >= 11 is 1.87. The Hall–Kier alpha value is -6.22. The second-order valence-electron chi connectivity index (χ2n) is 15.9. The molecule has 2 aliphatic rings. The van der Waals surface area contributed by atoms with Gasteiger partial charge >= 0.3 is 0 Å². The van der Waals surface area contributed by atoms with Crippen molar-refractivity contribution in [2.45, 2.75) is 31.6 Å². The molecule has 1 unspecified atom stereocenters. The van der Waals surface area contributed by atoms with Crippen molar-refractivity contribution in [3.8, 4) is 33.4 Å². The fraction of sp³-hybridized carbons (Fsp3) is 0.0943. The molecule has 2 heteroatoms. The summed E-state index contributed by atoms with van der Waals surface area (Å²) in [6, 6.07) is 68.0. The highest BCUT2D eigenvalue weighted by molar-refractivity contribution is 7.25. The van der Waals surface area contributed by atoms with Crippen LogP contribution in [-0.4, -0.2) is 0 Å². The monoisotopic (exact) mass is 721 g/mol. The fourth-order valence-corrected chi connectivity index (χ4v) is 10.8. The number of benzene rings is 8. The van der Waals surface area contributed by atoms with Gasteiger partial charge in [0.05, 0.1) is 0 Å². The highest BCUT2D eigenvalue weighted by Crippen LogP contribution is 2.55.